The Bertz CT molecular complexity index is 996. The predicted octanol–water partition coefficient (Wildman–Crippen LogP) is 3.94. The highest BCUT2D eigenvalue weighted by Gasteiger charge is 2.31. The Hall–Kier alpha value is -3.21. The number of carbonyl (C=O) groups excluding carboxylic acids is 1. The van der Waals surface area contributed by atoms with Crippen LogP contribution < -0.4 is 4.74 Å². The zero-order valence-electron chi connectivity index (χ0n) is 14.7. The largest absolute Gasteiger partial charge is 0.497 e. The first-order valence-corrected chi connectivity index (χ1v) is 8.52. The number of fused-ring (bicyclic) bond motifs is 1. The van der Waals surface area contributed by atoms with Gasteiger partial charge in [-0.15, -0.1) is 0 Å². The summed E-state index contributed by atoms with van der Waals surface area (Å²) in [4.78, 5) is 16.6. The van der Waals surface area contributed by atoms with Gasteiger partial charge in [-0.05, 0) is 47.5 Å². The fourth-order valence-corrected chi connectivity index (χ4v) is 3.31. The topological polar surface area (TPSA) is 54.8 Å². The van der Waals surface area contributed by atoms with Crippen molar-refractivity contribution >= 4 is 22.5 Å². The molecule has 0 aliphatic carbocycles. The molecule has 0 fully saturated rings. The molecule has 2 aromatic carbocycles. The number of hydrogen-bond donors (Lipinski definition) is 0. The van der Waals surface area contributed by atoms with Crippen LogP contribution in [0.25, 0.3) is 10.9 Å². The molecule has 0 spiro atoms. The molecule has 26 heavy (non-hydrogen) atoms. The number of rotatable bonds is 3. The van der Waals surface area contributed by atoms with Crippen molar-refractivity contribution in [1.82, 2.24) is 9.99 Å². The SMILES string of the molecule is COc1ccc(C2=NN(C(C)=O)C(c3ccc4cccnc4c3)C2)cc1. The molecular formula is C21H19N3O2. The van der Waals surface area contributed by atoms with Gasteiger partial charge in [0.2, 0.25) is 5.91 Å². The highest BCUT2D eigenvalue weighted by molar-refractivity contribution is 6.03. The molecule has 1 aliphatic rings. The molecule has 0 saturated carbocycles. The number of nitrogens with zero attached hydrogens (tertiary/aromatic N) is 3. The Morgan fingerprint density at radius 2 is 1.96 bits per heavy atom. The van der Waals surface area contributed by atoms with Crippen LogP contribution >= 0.6 is 0 Å². The quantitative estimate of drug-likeness (QED) is 0.722. The number of carbonyl (C=O) groups is 1. The van der Waals surface area contributed by atoms with E-state index in [1.54, 1.807) is 25.2 Å². The van der Waals surface area contributed by atoms with Gasteiger partial charge in [0.05, 0.1) is 24.4 Å². The Morgan fingerprint density at radius 3 is 2.69 bits per heavy atom. The molecule has 0 saturated heterocycles. The molecule has 0 radical (unpaired) electrons. The van der Waals surface area contributed by atoms with Gasteiger partial charge in [0.1, 0.15) is 5.75 Å². The van der Waals surface area contributed by atoms with E-state index in [2.05, 4.69) is 16.2 Å². The van der Waals surface area contributed by atoms with Crippen LogP contribution in [0.4, 0.5) is 0 Å². The Labute approximate surface area is 151 Å². The molecule has 3 aromatic rings. The van der Waals surface area contributed by atoms with E-state index in [-0.39, 0.29) is 11.9 Å². The maximum absolute atomic E-state index is 12.2. The third kappa shape index (κ3) is 2.92. The van der Waals surface area contributed by atoms with E-state index in [1.165, 1.54) is 0 Å². The molecule has 1 aliphatic heterocycles. The summed E-state index contributed by atoms with van der Waals surface area (Å²) in [5.41, 5.74) is 3.86. The molecule has 0 N–H and O–H groups in total. The summed E-state index contributed by atoms with van der Waals surface area (Å²) in [7, 11) is 1.64. The zero-order chi connectivity index (χ0) is 18.1. The molecule has 5 heteroatoms. The number of aromatic nitrogens is 1. The minimum Gasteiger partial charge on any atom is -0.497 e. The van der Waals surface area contributed by atoms with E-state index in [0.29, 0.717) is 6.42 Å². The smallest absolute Gasteiger partial charge is 0.240 e. The van der Waals surface area contributed by atoms with Crippen LogP contribution in [0.2, 0.25) is 0 Å². The van der Waals surface area contributed by atoms with Crippen molar-refractivity contribution in [2.45, 2.75) is 19.4 Å². The molecule has 2 heterocycles. The van der Waals surface area contributed by atoms with Gasteiger partial charge in [0.25, 0.3) is 0 Å². The number of methoxy groups -OCH3 is 1. The molecule has 0 bridgehead atoms. The number of amides is 1. The molecule has 1 atom stereocenters. The highest BCUT2D eigenvalue weighted by atomic mass is 16.5. The number of hydrazone groups is 1. The van der Waals surface area contributed by atoms with Crippen molar-refractivity contribution in [2.75, 3.05) is 7.11 Å². The summed E-state index contributed by atoms with van der Waals surface area (Å²) in [6.07, 6.45) is 2.45. The van der Waals surface area contributed by atoms with Crippen LogP contribution in [0.15, 0.2) is 65.9 Å². The van der Waals surface area contributed by atoms with Gasteiger partial charge < -0.3 is 4.74 Å². The van der Waals surface area contributed by atoms with Crippen molar-refractivity contribution in [2.24, 2.45) is 5.10 Å². The molecule has 1 amide bonds. The summed E-state index contributed by atoms with van der Waals surface area (Å²) in [5, 5.41) is 7.25. The molecule has 5 nitrogen and oxygen atoms in total. The van der Waals surface area contributed by atoms with E-state index in [0.717, 1.165) is 33.5 Å². The van der Waals surface area contributed by atoms with E-state index < -0.39 is 0 Å². The van der Waals surface area contributed by atoms with Crippen LogP contribution in [0.3, 0.4) is 0 Å². The maximum Gasteiger partial charge on any atom is 0.240 e. The van der Waals surface area contributed by atoms with Gasteiger partial charge in [0, 0.05) is 24.9 Å². The molecule has 1 unspecified atom stereocenters. The molecule has 130 valence electrons. The summed E-state index contributed by atoms with van der Waals surface area (Å²) in [6, 6.07) is 17.7. The standard InChI is InChI=1S/C21H19N3O2/c1-14(25)24-21(17-6-5-15-4-3-11-22-19(15)12-17)13-20(23-24)16-7-9-18(26-2)10-8-16/h3-12,21H,13H2,1-2H3. The van der Waals surface area contributed by atoms with Crippen molar-refractivity contribution in [1.29, 1.82) is 0 Å². The Morgan fingerprint density at radius 1 is 1.15 bits per heavy atom. The van der Waals surface area contributed by atoms with Crippen LogP contribution in [-0.4, -0.2) is 28.7 Å². The lowest BCUT2D eigenvalue weighted by molar-refractivity contribution is -0.130. The second-order valence-corrected chi connectivity index (χ2v) is 6.31. The fraction of sp³-hybridized carbons (Fsp3) is 0.190. The average Bonchev–Trinajstić information content (AvgIpc) is 3.13. The number of benzene rings is 2. The summed E-state index contributed by atoms with van der Waals surface area (Å²) < 4.78 is 5.21. The first kappa shape index (κ1) is 16.3. The van der Waals surface area contributed by atoms with Gasteiger partial charge in [-0.3, -0.25) is 9.78 Å². The number of hydrogen-bond acceptors (Lipinski definition) is 4. The van der Waals surface area contributed by atoms with E-state index in [9.17, 15) is 4.79 Å². The summed E-state index contributed by atoms with van der Waals surface area (Å²) in [5.74, 6) is 0.729. The van der Waals surface area contributed by atoms with Crippen LogP contribution in [0.5, 0.6) is 5.75 Å². The number of pyridine rings is 1. The minimum atomic E-state index is -0.115. The van der Waals surface area contributed by atoms with Gasteiger partial charge >= 0.3 is 0 Å². The molecule has 1 aromatic heterocycles. The fourth-order valence-electron chi connectivity index (χ4n) is 3.31. The van der Waals surface area contributed by atoms with Gasteiger partial charge in [-0.25, -0.2) is 5.01 Å². The minimum absolute atomic E-state index is 0.0698. The van der Waals surface area contributed by atoms with Crippen molar-refractivity contribution in [3.05, 3.63) is 71.9 Å². The first-order chi connectivity index (χ1) is 12.7. The Balaban J connectivity index is 1.68. The molecular weight excluding hydrogens is 326 g/mol. The monoisotopic (exact) mass is 345 g/mol. The maximum atomic E-state index is 12.2. The van der Waals surface area contributed by atoms with E-state index in [1.807, 2.05) is 48.5 Å². The predicted molar refractivity (Wildman–Crippen MR) is 101 cm³/mol. The number of ether oxygens (including phenoxy) is 1. The van der Waals surface area contributed by atoms with Crippen molar-refractivity contribution < 1.29 is 9.53 Å². The van der Waals surface area contributed by atoms with Crippen molar-refractivity contribution in [3.63, 3.8) is 0 Å². The van der Waals surface area contributed by atoms with Gasteiger partial charge in [-0.1, -0.05) is 18.2 Å². The summed E-state index contributed by atoms with van der Waals surface area (Å²) >= 11 is 0. The third-order valence-electron chi connectivity index (χ3n) is 4.67. The lowest BCUT2D eigenvalue weighted by atomic mass is 9.97. The zero-order valence-corrected chi connectivity index (χ0v) is 14.7. The highest BCUT2D eigenvalue weighted by Crippen LogP contribution is 2.34. The third-order valence-corrected chi connectivity index (χ3v) is 4.67. The summed E-state index contributed by atoms with van der Waals surface area (Å²) in [6.45, 7) is 1.55. The van der Waals surface area contributed by atoms with E-state index in [4.69, 9.17) is 4.74 Å². The first-order valence-electron chi connectivity index (χ1n) is 8.52. The average molecular weight is 345 g/mol. The van der Waals surface area contributed by atoms with Crippen LogP contribution in [-0.2, 0) is 4.79 Å². The van der Waals surface area contributed by atoms with Crippen molar-refractivity contribution in [3.8, 4) is 5.75 Å². The lowest BCUT2D eigenvalue weighted by Gasteiger charge is -2.20. The second kappa shape index (κ2) is 6.59. The van der Waals surface area contributed by atoms with Gasteiger partial charge in [0.15, 0.2) is 0 Å². The van der Waals surface area contributed by atoms with Crippen LogP contribution in [0.1, 0.15) is 30.5 Å². The Kier molecular flexibility index (Phi) is 4.13. The van der Waals surface area contributed by atoms with E-state index >= 15 is 0 Å². The lowest BCUT2D eigenvalue weighted by Crippen LogP contribution is -2.24. The normalized spacial score (nSPS) is 16.6. The molecule has 4 rings (SSSR count). The van der Waals surface area contributed by atoms with Crippen LogP contribution in [0, 0.1) is 0 Å². The second-order valence-electron chi connectivity index (χ2n) is 6.31. The van der Waals surface area contributed by atoms with Gasteiger partial charge in [-0.2, -0.15) is 5.10 Å².